The molecule has 0 bridgehead atoms. The van der Waals surface area contributed by atoms with Crippen LogP contribution < -0.4 is 5.32 Å². The van der Waals surface area contributed by atoms with E-state index in [9.17, 15) is 0 Å². The highest BCUT2D eigenvalue weighted by molar-refractivity contribution is 5.53. The molecule has 1 rings (SSSR count). The Morgan fingerprint density at radius 3 is 2.31 bits per heavy atom. The lowest BCUT2D eigenvalue weighted by Gasteiger charge is -2.05. The summed E-state index contributed by atoms with van der Waals surface area (Å²) in [6.07, 6.45) is 4.52. The number of aryl methyl sites for hydroxylation is 1. The zero-order chi connectivity index (χ0) is 11.8. The predicted molar refractivity (Wildman–Crippen MR) is 72.6 cm³/mol. The molecule has 16 heavy (non-hydrogen) atoms. The molecule has 0 radical (unpaired) electrons. The molecule has 0 unspecified atom stereocenters. The van der Waals surface area contributed by atoms with Crippen molar-refractivity contribution in [1.29, 1.82) is 0 Å². The first-order chi connectivity index (χ1) is 7.80. The van der Waals surface area contributed by atoms with E-state index in [4.69, 9.17) is 0 Å². The van der Waals surface area contributed by atoms with Gasteiger partial charge in [0.25, 0.3) is 0 Å². The van der Waals surface area contributed by atoms with Crippen molar-refractivity contribution in [2.24, 2.45) is 0 Å². The van der Waals surface area contributed by atoms with Crippen molar-refractivity contribution in [1.82, 2.24) is 5.32 Å². The SMILES string of the molecule is CCNCC(=Cc1ccc(CC)cc1)CC. The molecule has 1 nitrogen and oxygen atoms in total. The van der Waals surface area contributed by atoms with Crippen LogP contribution in [0.2, 0.25) is 0 Å². The maximum atomic E-state index is 3.37. The predicted octanol–water partition coefficient (Wildman–Crippen LogP) is 3.65. The Bertz CT molecular complexity index is 322. The number of hydrogen-bond donors (Lipinski definition) is 1. The third-order valence-corrected chi connectivity index (χ3v) is 2.81. The van der Waals surface area contributed by atoms with Gasteiger partial charge >= 0.3 is 0 Å². The van der Waals surface area contributed by atoms with E-state index in [2.05, 4.69) is 56.4 Å². The van der Waals surface area contributed by atoms with Gasteiger partial charge in [-0.1, -0.05) is 56.7 Å². The van der Waals surface area contributed by atoms with E-state index in [-0.39, 0.29) is 0 Å². The Labute approximate surface area is 99.6 Å². The van der Waals surface area contributed by atoms with Crippen molar-refractivity contribution >= 4 is 6.08 Å². The van der Waals surface area contributed by atoms with Gasteiger partial charge in [0.2, 0.25) is 0 Å². The van der Waals surface area contributed by atoms with Gasteiger partial charge in [0.1, 0.15) is 0 Å². The normalized spacial score (nSPS) is 11.8. The van der Waals surface area contributed by atoms with E-state index >= 15 is 0 Å². The Morgan fingerprint density at radius 2 is 1.81 bits per heavy atom. The zero-order valence-corrected chi connectivity index (χ0v) is 10.7. The minimum atomic E-state index is 1.00. The summed E-state index contributed by atoms with van der Waals surface area (Å²) in [4.78, 5) is 0. The van der Waals surface area contributed by atoms with Gasteiger partial charge in [-0.05, 0) is 30.5 Å². The zero-order valence-electron chi connectivity index (χ0n) is 10.7. The molecule has 0 aromatic heterocycles. The van der Waals surface area contributed by atoms with Crippen molar-refractivity contribution < 1.29 is 0 Å². The van der Waals surface area contributed by atoms with Crippen LogP contribution in [0.3, 0.4) is 0 Å². The highest BCUT2D eigenvalue weighted by Crippen LogP contribution is 2.11. The number of nitrogens with one attached hydrogen (secondary N) is 1. The Balaban J connectivity index is 2.70. The van der Waals surface area contributed by atoms with Gasteiger partial charge in [-0.25, -0.2) is 0 Å². The summed E-state index contributed by atoms with van der Waals surface area (Å²) < 4.78 is 0. The van der Waals surface area contributed by atoms with E-state index in [1.54, 1.807) is 0 Å². The molecule has 0 aliphatic carbocycles. The Kier molecular flexibility index (Phi) is 5.87. The lowest BCUT2D eigenvalue weighted by molar-refractivity contribution is 0.762. The van der Waals surface area contributed by atoms with E-state index in [0.717, 1.165) is 25.9 Å². The third-order valence-electron chi connectivity index (χ3n) is 2.81. The molecule has 0 spiro atoms. The molecule has 1 aromatic rings. The minimum Gasteiger partial charge on any atom is -0.313 e. The van der Waals surface area contributed by atoms with Crippen molar-refractivity contribution in [2.75, 3.05) is 13.1 Å². The van der Waals surface area contributed by atoms with Crippen molar-refractivity contribution in [2.45, 2.75) is 33.6 Å². The van der Waals surface area contributed by atoms with Gasteiger partial charge in [0.15, 0.2) is 0 Å². The maximum Gasteiger partial charge on any atom is 0.0167 e. The molecule has 0 saturated heterocycles. The molecule has 1 heteroatoms. The first kappa shape index (κ1) is 13.0. The lowest BCUT2D eigenvalue weighted by atomic mass is 10.1. The van der Waals surface area contributed by atoms with Crippen LogP contribution in [-0.2, 0) is 6.42 Å². The van der Waals surface area contributed by atoms with Gasteiger partial charge in [-0.15, -0.1) is 0 Å². The Morgan fingerprint density at radius 1 is 1.12 bits per heavy atom. The molecule has 0 atom stereocenters. The molecular formula is C15H23N. The summed E-state index contributed by atoms with van der Waals surface area (Å²) in [7, 11) is 0. The monoisotopic (exact) mass is 217 g/mol. The second-order valence-corrected chi connectivity index (χ2v) is 4.03. The molecule has 0 heterocycles. The third kappa shape index (κ3) is 4.19. The maximum absolute atomic E-state index is 3.37. The van der Waals surface area contributed by atoms with Gasteiger partial charge < -0.3 is 5.32 Å². The van der Waals surface area contributed by atoms with E-state index in [1.165, 1.54) is 16.7 Å². The van der Waals surface area contributed by atoms with Crippen LogP contribution in [0.25, 0.3) is 6.08 Å². The summed E-state index contributed by atoms with van der Waals surface area (Å²) in [5, 5.41) is 3.37. The topological polar surface area (TPSA) is 12.0 Å². The second-order valence-electron chi connectivity index (χ2n) is 4.03. The molecule has 1 aromatic carbocycles. The van der Waals surface area contributed by atoms with Gasteiger partial charge in [-0.3, -0.25) is 0 Å². The molecule has 88 valence electrons. The molecular weight excluding hydrogens is 194 g/mol. The molecule has 0 aliphatic rings. The molecule has 0 amide bonds. The number of benzene rings is 1. The number of hydrogen-bond acceptors (Lipinski definition) is 1. The molecule has 0 aliphatic heterocycles. The quantitative estimate of drug-likeness (QED) is 0.767. The summed E-state index contributed by atoms with van der Waals surface area (Å²) >= 11 is 0. The first-order valence-electron chi connectivity index (χ1n) is 6.29. The van der Waals surface area contributed by atoms with E-state index in [0.29, 0.717) is 0 Å². The largest absolute Gasteiger partial charge is 0.313 e. The smallest absolute Gasteiger partial charge is 0.0167 e. The second kappa shape index (κ2) is 7.24. The van der Waals surface area contributed by atoms with Crippen LogP contribution in [-0.4, -0.2) is 13.1 Å². The van der Waals surface area contributed by atoms with Gasteiger partial charge in [0, 0.05) is 6.54 Å². The van der Waals surface area contributed by atoms with Crippen LogP contribution in [0.5, 0.6) is 0 Å². The van der Waals surface area contributed by atoms with Crippen LogP contribution in [0.4, 0.5) is 0 Å². The van der Waals surface area contributed by atoms with Crippen LogP contribution >= 0.6 is 0 Å². The Hall–Kier alpha value is -1.08. The first-order valence-corrected chi connectivity index (χ1v) is 6.29. The summed E-state index contributed by atoms with van der Waals surface area (Å²) in [5.74, 6) is 0. The average Bonchev–Trinajstić information content (AvgIpc) is 2.35. The number of likely N-dealkylation sites (N-methyl/N-ethyl adjacent to an activating group) is 1. The molecule has 0 saturated carbocycles. The fourth-order valence-electron chi connectivity index (χ4n) is 1.65. The summed E-state index contributed by atoms with van der Waals surface area (Å²) in [6, 6.07) is 8.85. The lowest BCUT2D eigenvalue weighted by Crippen LogP contribution is -2.15. The van der Waals surface area contributed by atoms with Crippen molar-refractivity contribution in [3.63, 3.8) is 0 Å². The highest BCUT2D eigenvalue weighted by Gasteiger charge is 1.95. The van der Waals surface area contributed by atoms with Crippen LogP contribution in [0.1, 0.15) is 38.3 Å². The fourth-order valence-corrected chi connectivity index (χ4v) is 1.65. The van der Waals surface area contributed by atoms with Gasteiger partial charge in [-0.2, -0.15) is 0 Å². The molecule has 0 fully saturated rings. The van der Waals surface area contributed by atoms with Crippen molar-refractivity contribution in [3.8, 4) is 0 Å². The van der Waals surface area contributed by atoms with Gasteiger partial charge in [0.05, 0.1) is 0 Å². The van der Waals surface area contributed by atoms with Crippen molar-refractivity contribution in [3.05, 3.63) is 41.0 Å². The minimum absolute atomic E-state index is 1.00. The van der Waals surface area contributed by atoms with Crippen LogP contribution in [0, 0.1) is 0 Å². The van der Waals surface area contributed by atoms with E-state index < -0.39 is 0 Å². The highest BCUT2D eigenvalue weighted by atomic mass is 14.8. The standard InChI is InChI=1S/C15H23N/c1-4-13-7-9-15(10-8-13)11-14(5-2)12-16-6-3/h7-11,16H,4-6,12H2,1-3H3. The average molecular weight is 217 g/mol. The summed E-state index contributed by atoms with van der Waals surface area (Å²) in [6.45, 7) is 8.58. The van der Waals surface area contributed by atoms with Crippen LogP contribution in [0.15, 0.2) is 29.8 Å². The van der Waals surface area contributed by atoms with E-state index in [1.807, 2.05) is 0 Å². The fraction of sp³-hybridized carbons (Fsp3) is 0.467. The number of rotatable bonds is 6. The molecule has 1 N–H and O–H groups in total. The summed E-state index contributed by atoms with van der Waals surface area (Å²) in [5.41, 5.74) is 4.18.